The minimum absolute atomic E-state index is 0.707. The van der Waals surface area contributed by atoms with Crippen LogP contribution in [-0.4, -0.2) is 34.9 Å². The second-order valence-electron chi connectivity index (χ2n) is 6.59. The van der Waals surface area contributed by atoms with Gasteiger partial charge in [0.1, 0.15) is 5.75 Å². The van der Waals surface area contributed by atoms with Gasteiger partial charge in [0.15, 0.2) is 3.95 Å². The first-order chi connectivity index (χ1) is 13.7. The Bertz CT molecular complexity index is 1010. The third kappa shape index (κ3) is 4.49. The summed E-state index contributed by atoms with van der Waals surface area (Å²) in [5.41, 5.74) is 3.70. The monoisotopic (exact) mass is 410 g/mol. The van der Waals surface area contributed by atoms with E-state index in [0.29, 0.717) is 6.67 Å². The highest BCUT2D eigenvalue weighted by atomic mass is 32.1. The number of benzene rings is 2. The molecule has 0 aliphatic carbocycles. The quantitative estimate of drug-likeness (QED) is 0.568. The van der Waals surface area contributed by atoms with Gasteiger partial charge in [0.25, 0.3) is 0 Å². The lowest BCUT2D eigenvalue weighted by molar-refractivity contribution is 0.227. The van der Waals surface area contributed by atoms with E-state index in [1.165, 1.54) is 22.5 Å². The highest BCUT2D eigenvalue weighted by Gasteiger charge is 2.14. The molecule has 2 heterocycles. The minimum atomic E-state index is 0.707. The fraction of sp³-hybridized carbons (Fsp3) is 0.238. The van der Waals surface area contributed by atoms with Gasteiger partial charge in [-0.15, -0.1) is 5.10 Å². The standard InChI is InChI=1S/C21H22N4OS2/c1-26-19-9-7-18(8-10-19)22-20-23-25(21(27)28-20)15-24-13-11-17(12-14-24)16-5-3-2-4-6-16/h2-11H,12-15H2,1H3,(H,22,23). The maximum absolute atomic E-state index is 5.51. The lowest BCUT2D eigenvalue weighted by Gasteiger charge is -2.26. The normalized spacial score (nSPS) is 14.5. The second-order valence-corrected chi connectivity index (χ2v) is 8.21. The first kappa shape index (κ1) is 18.9. The van der Waals surface area contributed by atoms with Gasteiger partial charge in [-0.3, -0.25) is 4.90 Å². The van der Waals surface area contributed by atoms with Crippen molar-refractivity contribution in [2.24, 2.45) is 0 Å². The van der Waals surface area contributed by atoms with Gasteiger partial charge in [-0.1, -0.05) is 47.7 Å². The molecule has 0 atom stereocenters. The van der Waals surface area contributed by atoms with Crippen LogP contribution >= 0.6 is 23.6 Å². The van der Waals surface area contributed by atoms with Crippen molar-refractivity contribution in [2.75, 3.05) is 25.5 Å². The van der Waals surface area contributed by atoms with E-state index in [0.717, 1.165) is 40.0 Å². The zero-order valence-electron chi connectivity index (χ0n) is 15.7. The van der Waals surface area contributed by atoms with Crippen LogP contribution in [0.15, 0.2) is 60.7 Å². The number of anilines is 2. The lowest BCUT2D eigenvalue weighted by atomic mass is 10.00. The molecule has 0 radical (unpaired) electrons. The molecule has 0 bridgehead atoms. The first-order valence-electron chi connectivity index (χ1n) is 9.17. The van der Waals surface area contributed by atoms with Crippen LogP contribution in [0.4, 0.5) is 10.8 Å². The molecule has 4 rings (SSSR count). The summed E-state index contributed by atoms with van der Waals surface area (Å²) in [6.07, 6.45) is 3.35. The number of aromatic nitrogens is 2. The van der Waals surface area contributed by atoms with Gasteiger partial charge in [-0.25, -0.2) is 4.68 Å². The van der Waals surface area contributed by atoms with Gasteiger partial charge in [0, 0.05) is 18.8 Å². The van der Waals surface area contributed by atoms with Crippen LogP contribution in [0.1, 0.15) is 12.0 Å². The van der Waals surface area contributed by atoms with Gasteiger partial charge in [0.05, 0.1) is 13.8 Å². The Hall–Kier alpha value is -2.48. The maximum atomic E-state index is 5.51. The molecule has 28 heavy (non-hydrogen) atoms. The van der Waals surface area contributed by atoms with Crippen molar-refractivity contribution >= 4 is 39.9 Å². The zero-order valence-corrected chi connectivity index (χ0v) is 17.3. The first-order valence-corrected chi connectivity index (χ1v) is 10.4. The summed E-state index contributed by atoms with van der Waals surface area (Å²) in [4.78, 5) is 2.36. The number of methoxy groups -OCH3 is 1. The smallest absolute Gasteiger partial charge is 0.209 e. The number of nitrogens with one attached hydrogen (secondary N) is 1. The van der Waals surface area contributed by atoms with Crippen molar-refractivity contribution in [3.8, 4) is 5.75 Å². The third-order valence-electron chi connectivity index (χ3n) is 4.72. The summed E-state index contributed by atoms with van der Waals surface area (Å²) in [6.45, 7) is 2.62. The van der Waals surface area contributed by atoms with Gasteiger partial charge in [0.2, 0.25) is 5.13 Å². The molecule has 0 saturated heterocycles. The summed E-state index contributed by atoms with van der Waals surface area (Å²) in [7, 11) is 1.66. The molecule has 0 saturated carbocycles. The lowest BCUT2D eigenvalue weighted by Crippen LogP contribution is -2.31. The van der Waals surface area contributed by atoms with Crippen LogP contribution in [0.25, 0.3) is 5.57 Å². The van der Waals surface area contributed by atoms with Gasteiger partial charge in [-0.2, -0.15) is 0 Å². The molecule has 1 N–H and O–H groups in total. The second kappa shape index (κ2) is 8.68. The van der Waals surface area contributed by atoms with E-state index >= 15 is 0 Å². The summed E-state index contributed by atoms with van der Waals surface area (Å²) in [6, 6.07) is 18.4. The molecule has 7 heteroatoms. The Kier molecular flexibility index (Phi) is 5.85. The van der Waals surface area contributed by atoms with E-state index in [9.17, 15) is 0 Å². The van der Waals surface area contributed by atoms with Crippen LogP contribution < -0.4 is 10.1 Å². The predicted molar refractivity (Wildman–Crippen MR) is 118 cm³/mol. The van der Waals surface area contributed by atoms with E-state index in [1.54, 1.807) is 7.11 Å². The molecule has 0 amide bonds. The van der Waals surface area contributed by atoms with E-state index in [4.69, 9.17) is 17.0 Å². The highest BCUT2D eigenvalue weighted by Crippen LogP contribution is 2.24. The van der Waals surface area contributed by atoms with Gasteiger partial charge in [-0.05, 0) is 54.0 Å². The van der Waals surface area contributed by atoms with Crippen molar-refractivity contribution in [1.82, 2.24) is 14.7 Å². The number of ether oxygens (including phenoxy) is 1. The molecule has 0 fully saturated rings. The third-order valence-corrected chi connectivity index (χ3v) is 5.94. The summed E-state index contributed by atoms with van der Waals surface area (Å²) in [5, 5.41) is 8.76. The average Bonchev–Trinajstić information content (AvgIpc) is 3.08. The van der Waals surface area contributed by atoms with Crippen molar-refractivity contribution in [3.05, 3.63) is 70.2 Å². The van der Waals surface area contributed by atoms with Crippen LogP contribution in [0, 0.1) is 3.95 Å². The predicted octanol–water partition coefficient (Wildman–Crippen LogP) is 5.17. The molecule has 0 spiro atoms. The van der Waals surface area contributed by atoms with Crippen LogP contribution in [0.2, 0.25) is 0 Å². The molecule has 2 aromatic carbocycles. The van der Waals surface area contributed by atoms with Crippen LogP contribution in [0.5, 0.6) is 5.75 Å². The number of hydrogen-bond acceptors (Lipinski definition) is 6. The topological polar surface area (TPSA) is 42.3 Å². The van der Waals surface area contributed by atoms with Gasteiger partial charge >= 0.3 is 0 Å². The molecule has 1 aliphatic rings. The Morgan fingerprint density at radius 2 is 1.93 bits per heavy atom. The van der Waals surface area contributed by atoms with E-state index < -0.39 is 0 Å². The molecule has 5 nitrogen and oxygen atoms in total. The van der Waals surface area contributed by atoms with E-state index in [1.807, 2.05) is 28.9 Å². The minimum Gasteiger partial charge on any atom is -0.497 e. The Morgan fingerprint density at radius 1 is 1.14 bits per heavy atom. The number of nitrogens with zero attached hydrogens (tertiary/aromatic N) is 3. The summed E-state index contributed by atoms with van der Waals surface area (Å²) >= 11 is 7.00. The molecular formula is C21H22N4OS2. The van der Waals surface area contributed by atoms with Crippen molar-refractivity contribution in [1.29, 1.82) is 0 Å². The SMILES string of the molecule is COc1ccc(Nc2nn(CN3CC=C(c4ccccc4)CC3)c(=S)s2)cc1. The fourth-order valence-corrected chi connectivity index (χ4v) is 4.20. The largest absolute Gasteiger partial charge is 0.497 e. The molecule has 144 valence electrons. The Labute approximate surface area is 173 Å². The summed E-state index contributed by atoms with van der Waals surface area (Å²) in [5.74, 6) is 0.830. The maximum Gasteiger partial charge on any atom is 0.209 e. The fourth-order valence-electron chi connectivity index (χ4n) is 3.19. The number of rotatable bonds is 6. The zero-order chi connectivity index (χ0) is 19.3. The number of hydrogen-bond donors (Lipinski definition) is 1. The molecule has 0 unspecified atom stereocenters. The van der Waals surface area contributed by atoms with Crippen molar-refractivity contribution < 1.29 is 4.74 Å². The van der Waals surface area contributed by atoms with Crippen molar-refractivity contribution in [2.45, 2.75) is 13.1 Å². The molecule has 3 aromatic rings. The average molecular weight is 411 g/mol. The molecule has 1 aliphatic heterocycles. The van der Waals surface area contributed by atoms with E-state index in [-0.39, 0.29) is 0 Å². The van der Waals surface area contributed by atoms with Crippen molar-refractivity contribution in [3.63, 3.8) is 0 Å². The van der Waals surface area contributed by atoms with E-state index in [2.05, 4.69) is 51.7 Å². The summed E-state index contributed by atoms with van der Waals surface area (Å²) < 4.78 is 7.86. The van der Waals surface area contributed by atoms with Gasteiger partial charge < -0.3 is 10.1 Å². The molecular weight excluding hydrogens is 388 g/mol. The Balaban J connectivity index is 1.39. The highest BCUT2D eigenvalue weighted by molar-refractivity contribution is 7.73. The van der Waals surface area contributed by atoms with Crippen LogP contribution in [-0.2, 0) is 6.67 Å². The Morgan fingerprint density at radius 3 is 2.61 bits per heavy atom. The molecule has 1 aromatic heterocycles. The van der Waals surface area contributed by atoms with Crippen LogP contribution in [0.3, 0.4) is 0 Å².